The summed E-state index contributed by atoms with van der Waals surface area (Å²) in [6.07, 6.45) is 3.44. The lowest BCUT2D eigenvalue weighted by atomic mass is 10.1. The van der Waals surface area contributed by atoms with Gasteiger partial charge >= 0.3 is 0 Å². The van der Waals surface area contributed by atoms with Crippen LogP contribution in [0.1, 0.15) is 12.1 Å². The molecule has 70 valence electrons. The second-order valence-corrected chi connectivity index (χ2v) is 4.86. The minimum atomic E-state index is 0.865. The maximum absolute atomic E-state index is 5.05. The van der Waals surface area contributed by atoms with E-state index < -0.39 is 0 Å². The quantitative estimate of drug-likeness (QED) is 0.721. The molecule has 1 aliphatic rings. The van der Waals surface area contributed by atoms with Crippen molar-refractivity contribution in [3.8, 4) is 0 Å². The Hall–Kier alpha value is -0.450. The van der Waals surface area contributed by atoms with E-state index in [2.05, 4.69) is 28.4 Å². The van der Waals surface area contributed by atoms with Gasteiger partial charge in [0.05, 0.1) is 5.69 Å². The van der Waals surface area contributed by atoms with Gasteiger partial charge in [-0.3, -0.25) is 0 Å². The molecule has 0 saturated heterocycles. The summed E-state index contributed by atoms with van der Waals surface area (Å²) in [7, 11) is 2.15. The van der Waals surface area contributed by atoms with E-state index in [9.17, 15) is 0 Å². The Kier molecular flexibility index (Phi) is 2.62. The van der Waals surface area contributed by atoms with Crippen LogP contribution in [0.2, 0.25) is 0 Å². The van der Waals surface area contributed by atoms with Gasteiger partial charge < -0.3 is 9.88 Å². The van der Waals surface area contributed by atoms with Crippen molar-refractivity contribution >= 4 is 29.1 Å². The summed E-state index contributed by atoms with van der Waals surface area (Å²) in [5.41, 5.74) is 2.57. The topological polar surface area (TPSA) is 19.0 Å². The van der Waals surface area contributed by atoms with Gasteiger partial charge in [-0.1, -0.05) is 6.08 Å². The van der Waals surface area contributed by atoms with Gasteiger partial charge in [0, 0.05) is 18.5 Å². The molecule has 2 nitrogen and oxygen atoms in total. The number of thiazole rings is 1. The van der Waals surface area contributed by atoms with Crippen molar-refractivity contribution in [2.24, 2.45) is 0 Å². The lowest BCUT2D eigenvalue weighted by Crippen LogP contribution is -2.24. The van der Waals surface area contributed by atoms with Crippen LogP contribution in [0.5, 0.6) is 0 Å². The number of hydrogen-bond donors (Lipinski definition) is 1. The number of likely N-dealkylation sites (N-methyl/N-ethyl adjacent to an activating group) is 1. The van der Waals surface area contributed by atoms with Gasteiger partial charge in [0.15, 0.2) is 3.95 Å². The molecule has 0 aliphatic carbocycles. The summed E-state index contributed by atoms with van der Waals surface area (Å²) in [6.45, 7) is 2.19. The molecule has 2 rings (SSSR count). The number of nitrogens with zero attached hydrogens (tertiary/aromatic N) is 1. The van der Waals surface area contributed by atoms with Crippen molar-refractivity contribution in [2.75, 3.05) is 20.1 Å². The molecule has 1 aliphatic heterocycles. The van der Waals surface area contributed by atoms with E-state index >= 15 is 0 Å². The Labute approximate surface area is 86.9 Å². The van der Waals surface area contributed by atoms with Crippen LogP contribution in [-0.2, 0) is 0 Å². The Morgan fingerprint density at radius 1 is 1.62 bits per heavy atom. The zero-order chi connectivity index (χ0) is 9.26. The summed E-state index contributed by atoms with van der Waals surface area (Å²) in [4.78, 5) is 5.53. The summed E-state index contributed by atoms with van der Waals surface area (Å²) >= 11 is 6.65. The Bertz CT molecular complexity index is 375. The highest BCUT2D eigenvalue weighted by Crippen LogP contribution is 2.20. The van der Waals surface area contributed by atoms with E-state index in [-0.39, 0.29) is 0 Å². The molecular weight excluding hydrogens is 200 g/mol. The standard InChI is InChI=1S/C9H12N2S2/c1-11-4-2-3-7(5-11)8-6-13-9(12)10-8/h3,6H,2,4-5H2,1H3,(H,10,12). The van der Waals surface area contributed by atoms with Crippen molar-refractivity contribution in [2.45, 2.75) is 6.42 Å². The highest BCUT2D eigenvalue weighted by molar-refractivity contribution is 7.73. The van der Waals surface area contributed by atoms with Crippen LogP contribution in [0, 0.1) is 3.95 Å². The number of aromatic nitrogens is 1. The lowest BCUT2D eigenvalue weighted by molar-refractivity contribution is 0.372. The van der Waals surface area contributed by atoms with Crippen molar-refractivity contribution in [1.82, 2.24) is 9.88 Å². The number of nitrogens with one attached hydrogen (secondary N) is 1. The fourth-order valence-electron chi connectivity index (χ4n) is 1.53. The van der Waals surface area contributed by atoms with E-state index in [1.165, 1.54) is 11.3 Å². The van der Waals surface area contributed by atoms with Gasteiger partial charge in [0.25, 0.3) is 0 Å². The SMILES string of the molecule is CN1CCC=C(c2csc(=S)[nH]2)C1. The van der Waals surface area contributed by atoms with E-state index in [0.29, 0.717) is 0 Å². The molecular formula is C9H12N2S2. The molecule has 0 bridgehead atoms. The van der Waals surface area contributed by atoms with Crippen LogP contribution in [0.25, 0.3) is 5.57 Å². The average molecular weight is 212 g/mol. The average Bonchev–Trinajstić information content (AvgIpc) is 2.52. The predicted molar refractivity (Wildman–Crippen MR) is 59.6 cm³/mol. The first-order chi connectivity index (χ1) is 6.25. The Balaban J connectivity index is 2.26. The minimum Gasteiger partial charge on any atom is -0.337 e. The summed E-state index contributed by atoms with van der Waals surface area (Å²) < 4.78 is 0.865. The third-order valence-electron chi connectivity index (χ3n) is 2.21. The lowest BCUT2D eigenvalue weighted by Gasteiger charge is -2.21. The summed E-state index contributed by atoms with van der Waals surface area (Å²) in [5, 5.41) is 2.10. The highest BCUT2D eigenvalue weighted by atomic mass is 32.1. The third-order valence-corrected chi connectivity index (χ3v) is 3.27. The van der Waals surface area contributed by atoms with Crippen LogP contribution in [0.15, 0.2) is 11.5 Å². The molecule has 0 aromatic carbocycles. The fourth-order valence-corrected chi connectivity index (χ4v) is 2.38. The first-order valence-corrected chi connectivity index (χ1v) is 5.60. The molecule has 0 atom stereocenters. The number of H-pyrrole nitrogens is 1. The molecule has 13 heavy (non-hydrogen) atoms. The van der Waals surface area contributed by atoms with Crippen molar-refractivity contribution < 1.29 is 0 Å². The van der Waals surface area contributed by atoms with Gasteiger partial charge in [-0.2, -0.15) is 0 Å². The number of hydrogen-bond acceptors (Lipinski definition) is 3. The predicted octanol–water partition coefficient (Wildman–Crippen LogP) is 2.52. The molecule has 1 N–H and O–H groups in total. The summed E-state index contributed by atoms with van der Waals surface area (Å²) in [6, 6.07) is 0. The van der Waals surface area contributed by atoms with Gasteiger partial charge in [-0.15, -0.1) is 11.3 Å². The summed E-state index contributed by atoms with van der Waals surface area (Å²) in [5.74, 6) is 0. The maximum Gasteiger partial charge on any atom is 0.158 e. The van der Waals surface area contributed by atoms with E-state index in [1.807, 2.05) is 0 Å². The number of aromatic amines is 1. The normalized spacial score (nSPS) is 18.7. The van der Waals surface area contributed by atoms with Crippen molar-refractivity contribution in [3.05, 3.63) is 21.1 Å². The number of rotatable bonds is 1. The maximum atomic E-state index is 5.05. The second kappa shape index (κ2) is 3.74. The largest absolute Gasteiger partial charge is 0.337 e. The van der Waals surface area contributed by atoms with E-state index in [0.717, 1.165) is 23.5 Å². The van der Waals surface area contributed by atoms with Gasteiger partial charge in [-0.05, 0) is 31.3 Å². The molecule has 0 unspecified atom stereocenters. The van der Waals surface area contributed by atoms with E-state index in [4.69, 9.17) is 12.2 Å². The molecule has 0 spiro atoms. The van der Waals surface area contributed by atoms with E-state index in [1.54, 1.807) is 11.3 Å². The first kappa shape index (κ1) is 9.12. The molecule has 4 heteroatoms. The van der Waals surface area contributed by atoms with Gasteiger partial charge in [0.1, 0.15) is 0 Å². The molecule has 0 saturated carbocycles. The van der Waals surface area contributed by atoms with Gasteiger partial charge in [0.2, 0.25) is 0 Å². The van der Waals surface area contributed by atoms with Crippen LogP contribution in [0.4, 0.5) is 0 Å². The third kappa shape index (κ3) is 2.07. The highest BCUT2D eigenvalue weighted by Gasteiger charge is 2.10. The Morgan fingerprint density at radius 2 is 2.46 bits per heavy atom. The fraction of sp³-hybridized carbons (Fsp3) is 0.444. The van der Waals surface area contributed by atoms with Gasteiger partial charge in [-0.25, -0.2) is 0 Å². The Morgan fingerprint density at radius 3 is 3.08 bits per heavy atom. The second-order valence-electron chi connectivity index (χ2n) is 3.32. The molecule has 1 aromatic rings. The molecule has 2 heterocycles. The smallest absolute Gasteiger partial charge is 0.158 e. The molecule has 0 radical (unpaired) electrons. The van der Waals surface area contributed by atoms with Crippen molar-refractivity contribution in [1.29, 1.82) is 0 Å². The first-order valence-electron chi connectivity index (χ1n) is 4.31. The molecule has 1 aromatic heterocycles. The minimum absolute atomic E-state index is 0.865. The zero-order valence-corrected chi connectivity index (χ0v) is 9.17. The zero-order valence-electron chi connectivity index (χ0n) is 7.54. The monoisotopic (exact) mass is 212 g/mol. The van der Waals surface area contributed by atoms with Crippen LogP contribution in [-0.4, -0.2) is 30.0 Å². The van der Waals surface area contributed by atoms with Crippen molar-refractivity contribution in [3.63, 3.8) is 0 Å². The van der Waals surface area contributed by atoms with Crippen LogP contribution >= 0.6 is 23.6 Å². The molecule has 0 amide bonds. The molecule has 0 fully saturated rings. The van der Waals surface area contributed by atoms with Crippen LogP contribution < -0.4 is 0 Å². The van der Waals surface area contributed by atoms with Crippen LogP contribution in [0.3, 0.4) is 0 Å².